The maximum absolute atomic E-state index is 8.83. The smallest absolute Gasteiger partial charge is 0.194 e. The monoisotopic (exact) mass is 239 g/mol. The summed E-state index contributed by atoms with van der Waals surface area (Å²) >= 11 is 1.65. The number of aliphatic hydroxyl groups is 1. The number of nitrogens with zero attached hydrogens (tertiary/aromatic N) is 2. The molecule has 0 bridgehead atoms. The quantitative estimate of drug-likeness (QED) is 0.832. The zero-order chi connectivity index (χ0) is 11.5. The fourth-order valence-corrected chi connectivity index (χ4v) is 2.50. The molecule has 4 nitrogen and oxygen atoms in total. The van der Waals surface area contributed by atoms with Gasteiger partial charge in [-0.3, -0.25) is 4.40 Å². The maximum atomic E-state index is 8.83. The molecule has 16 heavy (non-hydrogen) atoms. The van der Waals surface area contributed by atoms with E-state index in [0.717, 1.165) is 23.6 Å². The Bertz CT molecular complexity index is 463. The van der Waals surface area contributed by atoms with Crippen LogP contribution in [0.4, 0.5) is 0 Å². The summed E-state index contributed by atoms with van der Waals surface area (Å²) in [7, 11) is 0. The van der Waals surface area contributed by atoms with Crippen molar-refractivity contribution in [3.63, 3.8) is 0 Å². The third kappa shape index (κ3) is 2.26. The van der Waals surface area contributed by atoms with Crippen LogP contribution < -0.4 is 5.32 Å². The lowest BCUT2D eigenvalue weighted by Gasteiger charge is -2.12. The predicted molar refractivity (Wildman–Crippen MR) is 65.8 cm³/mol. The second kappa shape index (κ2) is 4.95. The van der Waals surface area contributed by atoms with Gasteiger partial charge < -0.3 is 10.4 Å². The average molecular weight is 239 g/mol. The number of hydrogen-bond acceptors (Lipinski definition) is 4. The van der Waals surface area contributed by atoms with Crippen LogP contribution in [0.15, 0.2) is 11.6 Å². The molecule has 2 aromatic rings. The van der Waals surface area contributed by atoms with Gasteiger partial charge in [-0.1, -0.05) is 0 Å². The normalized spacial score (nSPS) is 13.4. The third-order valence-corrected chi connectivity index (χ3v) is 3.50. The van der Waals surface area contributed by atoms with Crippen molar-refractivity contribution in [2.75, 3.05) is 6.61 Å². The molecule has 0 aliphatic heterocycles. The molecule has 0 aliphatic carbocycles. The van der Waals surface area contributed by atoms with Crippen molar-refractivity contribution in [2.45, 2.75) is 32.9 Å². The van der Waals surface area contributed by atoms with Gasteiger partial charge in [-0.05, 0) is 20.3 Å². The van der Waals surface area contributed by atoms with Gasteiger partial charge >= 0.3 is 0 Å². The van der Waals surface area contributed by atoms with E-state index in [2.05, 4.69) is 21.6 Å². The van der Waals surface area contributed by atoms with Crippen molar-refractivity contribution < 1.29 is 5.11 Å². The largest absolute Gasteiger partial charge is 0.396 e. The van der Waals surface area contributed by atoms with Gasteiger partial charge in [-0.2, -0.15) is 0 Å². The number of rotatable bonds is 5. The summed E-state index contributed by atoms with van der Waals surface area (Å²) in [5, 5.41) is 14.3. The molecule has 1 atom stereocenters. The zero-order valence-corrected chi connectivity index (χ0v) is 10.4. The van der Waals surface area contributed by atoms with Crippen molar-refractivity contribution in [3.8, 4) is 0 Å². The molecule has 0 aromatic carbocycles. The van der Waals surface area contributed by atoms with E-state index in [9.17, 15) is 0 Å². The number of thiazole rings is 1. The second-order valence-corrected chi connectivity index (χ2v) is 4.87. The zero-order valence-electron chi connectivity index (χ0n) is 9.60. The fraction of sp³-hybridized carbons (Fsp3) is 0.545. The molecule has 0 spiro atoms. The topological polar surface area (TPSA) is 49.6 Å². The number of hydrogen-bond donors (Lipinski definition) is 2. The highest BCUT2D eigenvalue weighted by Gasteiger charge is 2.10. The van der Waals surface area contributed by atoms with Gasteiger partial charge in [0.15, 0.2) is 4.96 Å². The molecular weight excluding hydrogens is 222 g/mol. The molecule has 88 valence electrons. The molecule has 0 amide bonds. The summed E-state index contributed by atoms with van der Waals surface area (Å²) < 4.78 is 2.12. The highest BCUT2D eigenvalue weighted by molar-refractivity contribution is 7.15. The van der Waals surface area contributed by atoms with Crippen LogP contribution in [0.2, 0.25) is 0 Å². The first-order chi connectivity index (χ1) is 7.72. The van der Waals surface area contributed by atoms with Crippen LogP contribution in [0.25, 0.3) is 4.96 Å². The van der Waals surface area contributed by atoms with Crippen LogP contribution in [-0.2, 0) is 6.54 Å². The highest BCUT2D eigenvalue weighted by atomic mass is 32.1. The Morgan fingerprint density at radius 3 is 3.19 bits per heavy atom. The Hall–Kier alpha value is -0.910. The predicted octanol–water partition coefficient (Wildman–Crippen LogP) is 1.56. The number of aliphatic hydroxyl groups excluding tert-OH is 1. The lowest BCUT2D eigenvalue weighted by molar-refractivity contribution is 0.268. The molecule has 2 aromatic heterocycles. The highest BCUT2D eigenvalue weighted by Crippen LogP contribution is 2.16. The van der Waals surface area contributed by atoms with Gasteiger partial charge in [-0.25, -0.2) is 4.98 Å². The fourth-order valence-electron chi connectivity index (χ4n) is 1.72. The molecule has 0 saturated heterocycles. The summed E-state index contributed by atoms with van der Waals surface area (Å²) in [6.45, 7) is 5.14. The van der Waals surface area contributed by atoms with Crippen molar-refractivity contribution in [2.24, 2.45) is 0 Å². The van der Waals surface area contributed by atoms with Gasteiger partial charge in [0.25, 0.3) is 0 Å². The van der Waals surface area contributed by atoms with Crippen LogP contribution in [0.1, 0.15) is 24.7 Å². The molecular formula is C11H17N3OS. The van der Waals surface area contributed by atoms with Gasteiger partial charge in [0.1, 0.15) is 0 Å². The van der Waals surface area contributed by atoms with E-state index in [4.69, 9.17) is 5.11 Å². The Morgan fingerprint density at radius 2 is 2.44 bits per heavy atom. The molecule has 2 heterocycles. The summed E-state index contributed by atoms with van der Waals surface area (Å²) in [5.41, 5.74) is 2.29. The Labute approximate surface area is 98.9 Å². The SMILES string of the molecule is Cc1nc2sccn2c1CN[C@H](C)CCO. The Kier molecular flexibility index (Phi) is 3.58. The number of aromatic nitrogens is 2. The number of nitrogens with one attached hydrogen (secondary N) is 1. The first-order valence-corrected chi connectivity index (χ1v) is 6.35. The third-order valence-electron chi connectivity index (χ3n) is 2.74. The summed E-state index contributed by atoms with van der Waals surface area (Å²) in [6, 6.07) is 0.327. The maximum Gasteiger partial charge on any atom is 0.194 e. The van der Waals surface area contributed by atoms with Crippen LogP contribution >= 0.6 is 11.3 Å². The summed E-state index contributed by atoms with van der Waals surface area (Å²) in [4.78, 5) is 5.53. The molecule has 2 rings (SSSR count). The van der Waals surface area contributed by atoms with Crippen LogP contribution in [0.3, 0.4) is 0 Å². The van der Waals surface area contributed by atoms with Crippen LogP contribution in [0, 0.1) is 6.92 Å². The van der Waals surface area contributed by atoms with E-state index in [0.29, 0.717) is 6.04 Å². The van der Waals surface area contributed by atoms with Gasteiger partial charge in [0.2, 0.25) is 0 Å². The van der Waals surface area contributed by atoms with Crippen molar-refractivity contribution >= 4 is 16.3 Å². The van der Waals surface area contributed by atoms with E-state index in [1.165, 1.54) is 5.69 Å². The average Bonchev–Trinajstić information content (AvgIpc) is 2.76. The van der Waals surface area contributed by atoms with Crippen molar-refractivity contribution in [1.29, 1.82) is 0 Å². The van der Waals surface area contributed by atoms with E-state index in [1.807, 2.05) is 18.5 Å². The van der Waals surface area contributed by atoms with E-state index in [1.54, 1.807) is 11.3 Å². The minimum Gasteiger partial charge on any atom is -0.396 e. The van der Waals surface area contributed by atoms with Gasteiger partial charge in [0, 0.05) is 30.8 Å². The molecule has 0 aliphatic rings. The van der Waals surface area contributed by atoms with E-state index in [-0.39, 0.29) is 6.61 Å². The number of fused-ring (bicyclic) bond motifs is 1. The van der Waals surface area contributed by atoms with Crippen LogP contribution in [0.5, 0.6) is 0 Å². The Balaban J connectivity index is 2.08. The molecule has 0 fully saturated rings. The minimum atomic E-state index is 0.230. The standard InChI is InChI=1S/C11H17N3OS/c1-8(3-5-15)12-7-10-9(2)13-11-14(10)4-6-16-11/h4,6,8,12,15H,3,5,7H2,1-2H3/t8-/m1/s1. The van der Waals surface area contributed by atoms with Crippen LogP contribution in [-0.4, -0.2) is 27.1 Å². The number of imidazole rings is 1. The Morgan fingerprint density at radius 1 is 1.62 bits per heavy atom. The molecule has 2 N–H and O–H groups in total. The molecule has 0 saturated carbocycles. The lowest BCUT2D eigenvalue weighted by Crippen LogP contribution is -2.27. The van der Waals surface area contributed by atoms with Crippen molar-refractivity contribution in [1.82, 2.24) is 14.7 Å². The van der Waals surface area contributed by atoms with Gasteiger partial charge in [0.05, 0.1) is 11.4 Å². The lowest BCUT2D eigenvalue weighted by atomic mass is 10.2. The first kappa shape index (κ1) is 11.6. The second-order valence-electron chi connectivity index (χ2n) is 3.99. The summed E-state index contributed by atoms with van der Waals surface area (Å²) in [6.07, 6.45) is 2.83. The van der Waals surface area contributed by atoms with E-state index >= 15 is 0 Å². The number of aryl methyl sites for hydroxylation is 1. The van der Waals surface area contributed by atoms with Gasteiger partial charge in [-0.15, -0.1) is 11.3 Å². The molecule has 5 heteroatoms. The van der Waals surface area contributed by atoms with E-state index < -0.39 is 0 Å². The minimum absolute atomic E-state index is 0.230. The first-order valence-electron chi connectivity index (χ1n) is 5.47. The molecule has 0 unspecified atom stereocenters. The van der Waals surface area contributed by atoms with Crippen molar-refractivity contribution in [3.05, 3.63) is 23.0 Å². The molecule has 0 radical (unpaired) electrons. The summed E-state index contributed by atoms with van der Waals surface area (Å²) in [5.74, 6) is 0.